The maximum Gasteiger partial charge on any atom is 0.509 e. The summed E-state index contributed by atoms with van der Waals surface area (Å²) in [6.07, 6.45) is -1.92. The van der Waals surface area contributed by atoms with Crippen LogP contribution in [0, 0.1) is 10.1 Å². The minimum absolute atomic E-state index is 0.239. The molecule has 34 heavy (non-hydrogen) atoms. The Bertz CT molecular complexity index is 994. The van der Waals surface area contributed by atoms with Gasteiger partial charge in [-0.3, -0.25) is 10.1 Å². The summed E-state index contributed by atoms with van der Waals surface area (Å²) >= 11 is 0. The van der Waals surface area contributed by atoms with Gasteiger partial charge in [0.05, 0.1) is 15.9 Å². The van der Waals surface area contributed by atoms with Gasteiger partial charge in [-0.25, -0.2) is 22.7 Å². The van der Waals surface area contributed by atoms with E-state index in [9.17, 15) is 28.1 Å². The van der Waals surface area contributed by atoms with Crippen LogP contribution in [0.25, 0.3) is 0 Å². The van der Waals surface area contributed by atoms with Crippen molar-refractivity contribution in [1.82, 2.24) is 10.0 Å². The van der Waals surface area contributed by atoms with Crippen molar-refractivity contribution in [3.63, 3.8) is 0 Å². The molecule has 12 nitrogen and oxygen atoms in total. The number of nitrogens with one attached hydrogen (secondary N) is 2. The number of non-ortho nitro benzene ring substituents is 1. The molecule has 0 bridgehead atoms. The van der Waals surface area contributed by atoms with Crippen LogP contribution >= 0.6 is 0 Å². The van der Waals surface area contributed by atoms with E-state index in [4.69, 9.17) is 14.2 Å². The minimum Gasteiger partial charge on any atom is -0.444 e. The van der Waals surface area contributed by atoms with Gasteiger partial charge < -0.3 is 19.5 Å². The lowest BCUT2D eigenvalue weighted by molar-refractivity contribution is -0.384. The van der Waals surface area contributed by atoms with Gasteiger partial charge in [0.2, 0.25) is 10.0 Å². The summed E-state index contributed by atoms with van der Waals surface area (Å²) in [4.78, 5) is 34.3. The van der Waals surface area contributed by atoms with E-state index in [-0.39, 0.29) is 10.6 Å². The lowest BCUT2D eigenvalue weighted by Gasteiger charge is -2.28. The second-order valence-corrected chi connectivity index (χ2v) is 10.9. The molecule has 0 aliphatic heterocycles. The third-order valence-electron chi connectivity index (χ3n) is 3.80. The second kappa shape index (κ2) is 11.3. The number of benzene rings is 1. The number of ether oxygens (including phenoxy) is 3. The fourth-order valence-corrected chi connectivity index (χ4v) is 3.48. The number of nitrogens with zero attached hydrogens (tertiary/aromatic N) is 1. The van der Waals surface area contributed by atoms with Gasteiger partial charge in [-0.2, -0.15) is 0 Å². The van der Waals surface area contributed by atoms with Gasteiger partial charge >= 0.3 is 12.2 Å². The average Bonchev–Trinajstić information content (AvgIpc) is 2.66. The monoisotopic (exact) mass is 501 g/mol. The lowest BCUT2D eigenvalue weighted by Crippen LogP contribution is -2.52. The zero-order valence-electron chi connectivity index (χ0n) is 20.0. The summed E-state index contributed by atoms with van der Waals surface area (Å²) in [5.74, 6) is 0. The predicted octanol–water partition coefficient (Wildman–Crippen LogP) is 3.27. The van der Waals surface area contributed by atoms with Crippen LogP contribution in [0.15, 0.2) is 41.8 Å². The quantitative estimate of drug-likeness (QED) is 0.224. The molecule has 0 aliphatic carbocycles. The molecular formula is C21H31N3O9S. The Morgan fingerprint density at radius 1 is 1.09 bits per heavy atom. The molecule has 0 heterocycles. The first-order chi connectivity index (χ1) is 15.4. The zero-order valence-corrected chi connectivity index (χ0v) is 20.8. The molecule has 1 aromatic carbocycles. The van der Waals surface area contributed by atoms with Crippen molar-refractivity contribution in [3.05, 3.63) is 47.0 Å². The van der Waals surface area contributed by atoms with E-state index in [0.717, 1.165) is 24.3 Å². The van der Waals surface area contributed by atoms with Crippen LogP contribution in [0.5, 0.6) is 0 Å². The van der Waals surface area contributed by atoms with E-state index in [1.165, 1.54) is 6.08 Å². The van der Waals surface area contributed by atoms with Crippen molar-refractivity contribution >= 4 is 28.0 Å². The molecular weight excluding hydrogens is 470 g/mol. The van der Waals surface area contributed by atoms with Gasteiger partial charge in [0.1, 0.15) is 17.3 Å². The Labute approximate surface area is 198 Å². The van der Waals surface area contributed by atoms with Gasteiger partial charge in [-0.15, -0.1) is 0 Å². The van der Waals surface area contributed by atoms with E-state index in [1.807, 2.05) is 0 Å². The molecule has 0 aromatic heterocycles. The number of hydrogen-bond donors (Lipinski definition) is 2. The molecule has 0 fully saturated rings. The number of hydrogen-bond acceptors (Lipinski definition) is 9. The van der Waals surface area contributed by atoms with Crippen molar-refractivity contribution in [3.8, 4) is 0 Å². The third kappa shape index (κ3) is 10.2. The Balaban J connectivity index is 3.08. The van der Waals surface area contributed by atoms with Crippen molar-refractivity contribution in [2.75, 3.05) is 6.54 Å². The SMILES string of the molecule is C=C[C@@H](OC(=O)OC(C)(C)C)[C@H](CNS(=O)(=O)c1ccc([N+](=O)[O-])cc1)NC(=O)OC(C)(C)C. The summed E-state index contributed by atoms with van der Waals surface area (Å²) in [5, 5.41) is 13.2. The molecule has 0 aliphatic rings. The summed E-state index contributed by atoms with van der Waals surface area (Å²) < 4.78 is 43.2. The Morgan fingerprint density at radius 2 is 1.62 bits per heavy atom. The van der Waals surface area contributed by atoms with Crippen molar-refractivity contribution in [1.29, 1.82) is 0 Å². The molecule has 0 spiro atoms. The van der Waals surface area contributed by atoms with Gasteiger partial charge in [0.25, 0.3) is 5.69 Å². The van der Waals surface area contributed by atoms with Crippen LogP contribution in [0.3, 0.4) is 0 Å². The van der Waals surface area contributed by atoms with Gasteiger partial charge in [-0.1, -0.05) is 6.58 Å². The van der Waals surface area contributed by atoms with Gasteiger partial charge in [0.15, 0.2) is 0 Å². The number of carbonyl (C=O) groups is 2. The summed E-state index contributed by atoms with van der Waals surface area (Å²) in [6, 6.07) is 3.09. The first kappa shape index (κ1) is 28.8. The standard InChI is InChI=1S/C21H31N3O9S/c1-8-17(31-19(26)33-21(5,6)7)16(23-18(25)32-20(2,3)4)13-22-34(29,30)15-11-9-14(10-12-15)24(27)28/h8-12,16-17,22H,1,13H2,2-7H3,(H,23,25)/t16-,17+/m0/s1. The van der Waals surface area contributed by atoms with E-state index >= 15 is 0 Å². The normalized spacial score (nSPS) is 13.8. The fourth-order valence-electron chi connectivity index (χ4n) is 2.42. The maximum absolute atomic E-state index is 12.7. The highest BCUT2D eigenvalue weighted by Crippen LogP contribution is 2.17. The molecule has 2 N–H and O–H groups in total. The molecule has 0 unspecified atom stereocenters. The van der Waals surface area contributed by atoms with Crippen LogP contribution < -0.4 is 10.0 Å². The fraction of sp³-hybridized carbons (Fsp3) is 0.524. The highest BCUT2D eigenvalue weighted by Gasteiger charge is 2.30. The third-order valence-corrected chi connectivity index (χ3v) is 5.24. The molecule has 0 saturated carbocycles. The molecule has 190 valence electrons. The van der Waals surface area contributed by atoms with E-state index in [0.29, 0.717) is 0 Å². The van der Waals surface area contributed by atoms with Crippen LogP contribution in [0.2, 0.25) is 0 Å². The number of sulfonamides is 1. The van der Waals surface area contributed by atoms with Crippen LogP contribution in [-0.2, 0) is 24.2 Å². The second-order valence-electron chi connectivity index (χ2n) is 9.14. The van der Waals surface area contributed by atoms with Crippen LogP contribution in [-0.4, -0.2) is 55.5 Å². The summed E-state index contributed by atoms with van der Waals surface area (Å²) in [6.45, 7) is 13.0. The topological polar surface area (TPSA) is 163 Å². The van der Waals surface area contributed by atoms with Crippen LogP contribution in [0.4, 0.5) is 15.3 Å². The highest BCUT2D eigenvalue weighted by molar-refractivity contribution is 7.89. The van der Waals surface area contributed by atoms with Gasteiger partial charge in [-0.05, 0) is 59.8 Å². The molecule has 0 saturated heterocycles. The first-order valence-corrected chi connectivity index (χ1v) is 11.7. The number of nitro groups is 1. The van der Waals surface area contributed by atoms with Gasteiger partial charge in [0, 0.05) is 18.7 Å². The number of nitro benzene ring substituents is 1. The molecule has 2 atom stereocenters. The average molecular weight is 502 g/mol. The largest absolute Gasteiger partial charge is 0.509 e. The number of alkyl carbamates (subject to hydrolysis) is 1. The van der Waals surface area contributed by atoms with E-state index in [2.05, 4.69) is 16.6 Å². The number of amides is 1. The summed E-state index contributed by atoms with van der Waals surface area (Å²) in [5.41, 5.74) is -1.97. The Kier molecular flexibility index (Phi) is 9.58. The molecule has 0 radical (unpaired) electrons. The molecule has 13 heteroatoms. The maximum atomic E-state index is 12.7. The van der Waals surface area contributed by atoms with E-state index < -0.39 is 57.1 Å². The van der Waals surface area contributed by atoms with Crippen molar-refractivity contribution < 1.29 is 37.1 Å². The van der Waals surface area contributed by atoms with E-state index in [1.54, 1.807) is 41.5 Å². The van der Waals surface area contributed by atoms with Crippen molar-refractivity contribution in [2.24, 2.45) is 0 Å². The Morgan fingerprint density at radius 3 is 2.06 bits per heavy atom. The van der Waals surface area contributed by atoms with Crippen molar-refractivity contribution in [2.45, 2.75) is 69.8 Å². The minimum atomic E-state index is -4.14. The number of carbonyl (C=O) groups excluding carboxylic acids is 2. The number of rotatable bonds is 9. The Hall–Kier alpha value is -3.19. The summed E-state index contributed by atoms with van der Waals surface area (Å²) in [7, 11) is -4.14. The predicted molar refractivity (Wildman–Crippen MR) is 123 cm³/mol. The zero-order chi connectivity index (χ0) is 26.3. The lowest BCUT2D eigenvalue weighted by atomic mass is 10.1. The van der Waals surface area contributed by atoms with Crippen LogP contribution in [0.1, 0.15) is 41.5 Å². The smallest absolute Gasteiger partial charge is 0.444 e. The first-order valence-electron chi connectivity index (χ1n) is 10.2. The molecule has 1 amide bonds. The molecule has 1 aromatic rings. The molecule has 1 rings (SSSR count). The highest BCUT2D eigenvalue weighted by atomic mass is 32.2.